The van der Waals surface area contributed by atoms with Crippen LogP contribution in [-0.2, 0) is 4.79 Å². The van der Waals surface area contributed by atoms with Crippen LogP contribution >= 0.6 is 0 Å². The van der Waals surface area contributed by atoms with Gasteiger partial charge in [0.1, 0.15) is 13.2 Å². The molecule has 1 amide bonds. The predicted octanol–water partition coefficient (Wildman–Crippen LogP) is 3.20. The quantitative estimate of drug-likeness (QED) is 0.889. The fourth-order valence-electron chi connectivity index (χ4n) is 3.59. The summed E-state index contributed by atoms with van der Waals surface area (Å²) in [5, 5.41) is 6.48. The first-order chi connectivity index (χ1) is 11.5. The van der Waals surface area contributed by atoms with Crippen molar-refractivity contribution in [2.24, 2.45) is 11.8 Å². The van der Waals surface area contributed by atoms with Crippen LogP contribution in [0.4, 0.5) is 5.69 Å². The Balaban J connectivity index is 1.58. The standard InChI is InChI=1S/C19H28N2O3/c1-12-5-4-6-16(13(12)2)20-14(3)19(22)21-15-7-8-17-18(11-15)24-10-9-23-17/h7-8,11-14,16,20H,4-6,9-10H2,1-3H3,(H,21,22)/t12-,13+,14-,16-/m0/s1. The summed E-state index contributed by atoms with van der Waals surface area (Å²) in [5.74, 6) is 2.72. The Hall–Kier alpha value is -1.75. The molecule has 24 heavy (non-hydrogen) atoms. The van der Waals surface area contributed by atoms with Gasteiger partial charge in [-0.05, 0) is 37.3 Å². The van der Waals surface area contributed by atoms with Gasteiger partial charge >= 0.3 is 0 Å². The third kappa shape index (κ3) is 3.83. The molecule has 0 unspecified atom stereocenters. The van der Waals surface area contributed by atoms with Gasteiger partial charge in [0.15, 0.2) is 11.5 Å². The second kappa shape index (κ2) is 7.43. The van der Waals surface area contributed by atoms with Gasteiger partial charge in [0.05, 0.1) is 6.04 Å². The van der Waals surface area contributed by atoms with Crippen molar-refractivity contribution in [3.8, 4) is 11.5 Å². The molecule has 1 heterocycles. The SMILES string of the molecule is C[C@H]1[C@@H](N[C@@H](C)C(=O)Nc2ccc3c(c2)OCCO3)CCC[C@@H]1C. The summed E-state index contributed by atoms with van der Waals surface area (Å²) in [5.41, 5.74) is 0.739. The molecule has 0 saturated heterocycles. The maximum atomic E-state index is 12.5. The first-order valence-electron chi connectivity index (χ1n) is 9.01. The first-order valence-corrected chi connectivity index (χ1v) is 9.01. The van der Waals surface area contributed by atoms with Gasteiger partial charge < -0.3 is 20.1 Å². The smallest absolute Gasteiger partial charge is 0.241 e. The van der Waals surface area contributed by atoms with Crippen molar-refractivity contribution >= 4 is 11.6 Å². The molecular weight excluding hydrogens is 304 g/mol. The molecule has 1 aromatic carbocycles. The molecule has 5 nitrogen and oxygen atoms in total. The summed E-state index contributed by atoms with van der Waals surface area (Å²) in [6, 6.07) is 5.70. The van der Waals surface area contributed by atoms with Crippen molar-refractivity contribution in [1.29, 1.82) is 0 Å². The van der Waals surface area contributed by atoms with Crippen LogP contribution in [0.3, 0.4) is 0 Å². The van der Waals surface area contributed by atoms with Crippen LogP contribution in [0, 0.1) is 11.8 Å². The third-order valence-electron chi connectivity index (χ3n) is 5.37. The fraction of sp³-hybridized carbons (Fsp3) is 0.632. The minimum atomic E-state index is -0.226. The van der Waals surface area contributed by atoms with Crippen LogP contribution in [-0.4, -0.2) is 31.2 Å². The average molecular weight is 332 g/mol. The monoisotopic (exact) mass is 332 g/mol. The highest BCUT2D eigenvalue weighted by Gasteiger charge is 2.29. The lowest BCUT2D eigenvalue weighted by atomic mass is 9.78. The lowest BCUT2D eigenvalue weighted by Crippen LogP contribution is -2.49. The van der Waals surface area contributed by atoms with E-state index in [1.165, 1.54) is 12.8 Å². The van der Waals surface area contributed by atoms with Crippen LogP contribution in [0.15, 0.2) is 18.2 Å². The highest BCUT2D eigenvalue weighted by molar-refractivity contribution is 5.94. The Labute approximate surface area is 144 Å². The Morgan fingerprint density at radius 3 is 2.71 bits per heavy atom. The van der Waals surface area contributed by atoms with Gasteiger partial charge in [-0.3, -0.25) is 4.79 Å². The van der Waals surface area contributed by atoms with Gasteiger partial charge in [-0.2, -0.15) is 0 Å². The molecule has 0 radical (unpaired) electrons. The number of carbonyl (C=O) groups is 1. The van der Waals surface area contributed by atoms with E-state index in [0.29, 0.717) is 36.8 Å². The van der Waals surface area contributed by atoms with Gasteiger partial charge in [-0.1, -0.05) is 26.7 Å². The number of benzene rings is 1. The molecule has 0 spiro atoms. The summed E-state index contributed by atoms with van der Waals surface area (Å²) in [4.78, 5) is 12.5. The van der Waals surface area contributed by atoms with Crippen LogP contribution < -0.4 is 20.1 Å². The molecule has 2 N–H and O–H groups in total. The average Bonchev–Trinajstić information content (AvgIpc) is 2.58. The van der Waals surface area contributed by atoms with Gasteiger partial charge in [-0.15, -0.1) is 0 Å². The Morgan fingerprint density at radius 1 is 1.17 bits per heavy atom. The van der Waals surface area contributed by atoms with E-state index in [4.69, 9.17) is 9.47 Å². The summed E-state index contributed by atoms with van der Waals surface area (Å²) in [6.07, 6.45) is 3.67. The Kier molecular flexibility index (Phi) is 5.29. The van der Waals surface area contributed by atoms with Gasteiger partial charge in [-0.25, -0.2) is 0 Å². The van der Waals surface area contributed by atoms with E-state index in [2.05, 4.69) is 24.5 Å². The summed E-state index contributed by atoms with van der Waals surface area (Å²) in [6.45, 7) is 7.63. The zero-order valence-electron chi connectivity index (χ0n) is 14.8. The lowest BCUT2D eigenvalue weighted by Gasteiger charge is -2.36. The minimum Gasteiger partial charge on any atom is -0.486 e. The second-order valence-electron chi connectivity index (χ2n) is 7.11. The number of hydrogen-bond donors (Lipinski definition) is 2. The molecule has 4 atom stereocenters. The normalized spacial score (nSPS) is 27.4. The molecule has 132 valence electrons. The molecule has 0 bridgehead atoms. The molecular formula is C19H28N2O3. The Bertz CT molecular complexity index is 590. The van der Waals surface area contributed by atoms with Crippen LogP contribution in [0.25, 0.3) is 0 Å². The third-order valence-corrected chi connectivity index (χ3v) is 5.37. The number of amides is 1. The molecule has 0 aromatic heterocycles. The van der Waals surface area contributed by atoms with E-state index in [1.54, 1.807) is 0 Å². The summed E-state index contributed by atoms with van der Waals surface area (Å²) in [7, 11) is 0. The van der Waals surface area contributed by atoms with Gasteiger partial charge in [0, 0.05) is 17.8 Å². The lowest BCUT2D eigenvalue weighted by molar-refractivity contribution is -0.118. The van der Waals surface area contributed by atoms with E-state index in [-0.39, 0.29) is 11.9 Å². The largest absolute Gasteiger partial charge is 0.486 e. The molecule has 1 aliphatic carbocycles. The molecule has 1 aliphatic heterocycles. The van der Waals surface area contributed by atoms with Crippen molar-refractivity contribution in [3.05, 3.63) is 18.2 Å². The Morgan fingerprint density at radius 2 is 1.92 bits per heavy atom. The highest BCUT2D eigenvalue weighted by Crippen LogP contribution is 2.33. The minimum absolute atomic E-state index is 0.0166. The highest BCUT2D eigenvalue weighted by atomic mass is 16.6. The maximum absolute atomic E-state index is 12.5. The van der Waals surface area contributed by atoms with Crippen molar-refractivity contribution < 1.29 is 14.3 Å². The van der Waals surface area contributed by atoms with Gasteiger partial charge in [0.2, 0.25) is 5.91 Å². The maximum Gasteiger partial charge on any atom is 0.241 e. The van der Waals surface area contributed by atoms with Crippen molar-refractivity contribution in [3.63, 3.8) is 0 Å². The summed E-state index contributed by atoms with van der Waals surface area (Å²) < 4.78 is 11.1. The van der Waals surface area contributed by atoms with Crippen molar-refractivity contribution in [1.82, 2.24) is 5.32 Å². The van der Waals surface area contributed by atoms with E-state index in [0.717, 1.165) is 17.9 Å². The van der Waals surface area contributed by atoms with Crippen LogP contribution in [0.2, 0.25) is 0 Å². The summed E-state index contributed by atoms with van der Waals surface area (Å²) >= 11 is 0. The van der Waals surface area contributed by atoms with E-state index in [1.807, 2.05) is 25.1 Å². The van der Waals surface area contributed by atoms with Crippen LogP contribution in [0.5, 0.6) is 11.5 Å². The van der Waals surface area contributed by atoms with Crippen molar-refractivity contribution in [2.45, 2.75) is 52.1 Å². The first kappa shape index (κ1) is 17.1. The van der Waals surface area contributed by atoms with Crippen LogP contribution in [0.1, 0.15) is 40.0 Å². The topological polar surface area (TPSA) is 59.6 Å². The molecule has 1 aromatic rings. The molecule has 3 rings (SSSR count). The number of ether oxygens (including phenoxy) is 2. The number of nitrogens with one attached hydrogen (secondary N) is 2. The molecule has 5 heteroatoms. The van der Waals surface area contributed by atoms with E-state index < -0.39 is 0 Å². The number of rotatable bonds is 4. The molecule has 1 fully saturated rings. The van der Waals surface area contributed by atoms with Gasteiger partial charge in [0.25, 0.3) is 0 Å². The number of fused-ring (bicyclic) bond motifs is 1. The molecule has 2 aliphatic rings. The fourth-order valence-corrected chi connectivity index (χ4v) is 3.59. The number of hydrogen-bond acceptors (Lipinski definition) is 4. The second-order valence-corrected chi connectivity index (χ2v) is 7.11. The zero-order valence-corrected chi connectivity index (χ0v) is 14.8. The zero-order chi connectivity index (χ0) is 17.1. The predicted molar refractivity (Wildman–Crippen MR) is 94.6 cm³/mol. The number of carbonyl (C=O) groups excluding carboxylic acids is 1. The molecule has 1 saturated carbocycles. The van der Waals surface area contributed by atoms with E-state index in [9.17, 15) is 4.79 Å². The number of anilines is 1. The van der Waals surface area contributed by atoms with E-state index >= 15 is 0 Å². The van der Waals surface area contributed by atoms with Crippen molar-refractivity contribution in [2.75, 3.05) is 18.5 Å².